The van der Waals surface area contributed by atoms with E-state index in [1.165, 1.54) is 6.42 Å². The summed E-state index contributed by atoms with van der Waals surface area (Å²) in [5, 5.41) is 3.02. The van der Waals surface area contributed by atoms with Gasteiger partial charge in [-0.3, -0.25) is 4.79 Å². The monoisotopic (exact) mass is 265 g/mol. The van der Waals surface area contributed by atoms with Gasteiger partial charge in [0.25, 0.3) is 5.91 Å². The molecule has 0 aliphatic heterocycles. The van der Waals surface area contributed by atoms with Crippen LogP contribution in [0.2, 0.25) is 0 Å². The Morgan fingerprint density at radius 3 is 2.61 bits per heavy atom. The molecule has 0 aliphatic rings. The zero-order valence-electron chi connectivity index (χ0n) is 11.4. The number of amides is 1. The van der Waals surface area contributed by atoms with E-state index in [1.807, 2.05) is 18.2 Å². The molecule has 100 valence electrons. The molecule has 0 aliphatic carbocycles. The van der Waals surface area contributed by atoms with E-state index in [2.05, 4.69) is 38.7 Å². The number of rotatable bonds is 6. The Hall–Kier alpha value is -0.960. The Bertz CT molecular complexity index is 390. The third-order valence-corrected chi connectivity index (χ3v) is 3.18. The standard InChI is InChI=1S/C15H23NOS/c1-11(2)6-4-7-12(3)16-15(17)13-8-5-9-14(18)10-13/h5,8-12,18H,4,6-7H2,1-3H3,(H,16,17). The minimum absolute atomic E-state index is 0.0112. The molecule has 1 N–H and O–H groups in total. The summed E-state index contributed by atoms with van der Waals surface area (Å²) in [5.41, 5.74) is 0.679. The minimum Gasteiger partial charge on any atom is -0.350 e. The van der Waals surface area contributed by atoms with Crippen molar-refractivity contribution in [3.63, 3.8) is 0 Å². The SMILES string of the molecule is CC(C)CCCC(C)NC(=O)c1cccc(S)c1. The van der Waals surface area contributed by atoms with E-state index < -0.39 is 0 Å². The van der Waals surface area contributed by atoms with Crippen molar-refractivity contribution in [2.45, 2.75) is 51.0 Å². The first-order valence-corrected chi connectivity index (χ1v) is 7.03. The lowest BCUT2D eigenvalue weighted by molar-refractivity contribution is 0.0937. The molecule has 0 radical (unpaired) electrons. The maximum absolute atomic E-state index is 12.0. The highest BCUT2D eigenvalue weighted by molar-refractivity contribution is 7.80. The maximum atomic E-state index is 12.0. The molecule has 0 spiro atoms. The molecule has 1 aromatic rings. The Morgan fingerprint density at radius 2 is 2.00 bits per heavy atom. The number of hydrogen-bond donors (Lipinski definition) is 2. The molecular weight excluding hydrogens is 242 g/mol. The molecule has 0 aromatic heterocycles. The van der Waals surface area contributed by atoms with Gasteiger partial charge in [-0.15, -0.1) is 12.6 Å². The van der Waals surface area contributed by atoms with Crippen molar-refractivity contribution in [1.82, 2.24) is 5.32 Å². The molecule has 0 saturated carbocycles. The van der Waals surface area contributed by atoms with Crippen LogP contribution in [0.25, 0.3) is 0 Å². The van der Waals surface area contributed by atoms with Crippen LogP contribution in [0.15, 0.2) is 29.2 Å². The highest BCUT2D eigenvalue weighted by Crippen LogP contribution is 2.11. The highest BCUT2D eigenvalue weighted by atomic mass is 32.1. The van der Waals surface area contributed by atoms with Gasteiger partial charge in [0.2, 0.25) is 0 Å². The maximum Gasteiger partial charge on any atom is 0.251 e. The fraction of sp³-hybridized carbons (Fsp3) is 0.533. The predicted octanol–water partition coefficient (Wildman–Crippen LogP) is 3.92. The number of carbonyl (C=O) groups excluding carboxylic acids is 1. The summed E-state index contributed by atoms with van der Waals surface area (Å²) in [6.07, 6.45) is 3.41. The minimum atomic E-state index is -0.0112. The molecule has 0 fully saturated rings. The van der Waals surface area contributed by atoms with Gasteiger partial charge in [-0.2, -0.15) is 0 Å². The first-order chi connectivity index (χ1) is 8.49. The van der Waals surface area contributed by atoms with Gasteiger partial charge in [-0.05, 0) is 37.5 Å². The number of nitrogens with one attached hydrogen (secondary N) is 1. The summed E-state index contributed by atoms with van der Waals surface area (Å²) in [7, 11) is 0. The van der Waals surface area contributed by atoms with Crippen molar-refractivity contribution in [3.8, 4) is 0 Å². The molecule has 1 aromatic carbocycles. The van der Waals surface area contributed by atoms with Crippen LogP contribution in [0.5, 0.6) is 0 Å². The van der Waals surface area contributed by atoms with Crippen LogP contribution in [0.4, 0.5) is 0 Å². The van der Waals surface area contributed by atoms with E-state index in [9.17, 15) is 4.79 Å². The van der Waals surface area contributed by atoms with E-state index in [0.717, 1.165) is 23.7 Å². The highest BCUT2D eigenvalue weighted by Gasteiger charge is 2.09. The molecule has 0 saturated heterocycles. The van der Waals surface area contributed by atoms with Crippen molar-refractivity contribution in [2.24, 2.45) is 5.92 Å². The second-order valence-electron chi connectivity index (χ2n) is 5.25. The second kappa shape index (κ2) is 7.47. The van der Waals surface area contributed by atoms with E-state index >= 15 is 0 Å². The van der Waals surface area contributed by atoms with Crippen LogP contribution < -0.4 is 5.32 Å². The van der Waals surface area contributed by atoms with Gasteiger partial charge in [0, 0.05) is 16.5 Å². The molecule has 0 heterocycles. The summed E-state index contributed by atoms with van der Waals surface area (Å²) in [6.45, 7) is 6.51. The van der Waals surface area contributed by atoms with Gasteiger partial charge in [-0.25, -0.2) is 0 Å². The first kappa shape index (κ1) is 15.1. The Morgan fingerprint density at radius 1 is 1.28 bits per heavy atom. The van der Waals surface area contributed by atoms with Crippen molar-refractivity contribution in [3.05, 3.63) is 29.8 Å². The fourth-order valence-corrected chi connectivity index (χ4v) is 2.08. The Balaban J connectivity index is 2.40. The fourth-order valence-electron chi connectivity index (χ4n) is 1.86. The summed E-state index contributed by atoms with van der Waals surface area (Å²) in [6, 6.07) is 7.54. The van der Waals surface area contributed by atoms with E-state index in [0.29, 0.717) is 5.56 Å². The Labute approximate surface area is 116 Å². The average molecular weight is 265 g/mol. The van der Waals surface area contributed by atoms with Crippen LogP contribution in [-0.4, -0.2) is 11.9 Å². The lowest BCUT2D eigenvalue weighted by Crippen LogP contribution is -2.32. The van der Waals surface area contributed by atoms with Crippen molar-refractivity contribution >= 4 is 18.5 Å². The average Bonchev–Trinajstić information content (AvgIpc) is 2.28. The molecule has 1 rings (SSSR count). The smallest absolute Gasteiger partial charge is 0.251 e. The molecule has 0 bridgehead atoms. The number of carbonyl (C=O) groups is 1. The van der Waals surface area contributed by atoms with Gasteiger partial charge in [-0.1, -0.05) is 32.8 Å². The summed E-state index contributed by atoms with van der Waals surface area (Å²) in [4.78, 5) is 12.8. The predicted molar refractivity (Wildman–Crippen MR) is 79.3 cm³/mol. The summed E-state index contributed by atoms with van der Waals surface area (Å²) >= 11 is 4.24. The van der Waals surface area contributed by atoms with Crippen LogP contribution in [0.3, 0.4) is 0 Å². The van der Waals surface area contributed by atoms with E-state index in [1.54, 1.807) is 6.07 Å². The van der Waals surface area contributed by atoms with Gasteiger partial charge in [0.1, 0.15) is 0 Å². The molecular formula is C15H23NOS. The van der Waals surface area contributed by atoms with Crippen molar-refractivity contribution in [2.75, 3.05) is 0 Å². The van der Waals surface area contributed by atoms with Gasteiger partial charge < -0.3 is 5.32 Å². The lowest BCUT2D eigenvalue weighted by Gasteiger charge is -2.14. The molecule has 1 atom stereocenters. The zero-order chi connectivity index (χ0) is 13.5. The van der Waals surface area contributed by atoms with Crippen LogP contribution >= 0.6 is 12.6 Å². The summed E-state index contributed by atoms with van der Waals surface area (Å²) < 4.78 is 0. The molecule has 3 heteroatoms. The van der Waals surface area contributed by atoms with Gasteiger partial charge >= 0.3 is 0 Å². The molecule has 1 unspecified atom stereocenters. The van der Waals surface area contributed by atoms with Crippen LogP contribution in [0.1, 0.15) is 50.4 Å². The van der Waals surface area contributed by atoms with E-state index in [4.69, 9.17) is 0 Å². The number of thiol groups is 1. The third-order valence-electron chi connectivity index (χ3n) is 2.90. The number of hydrogen-bond acceptors (Lipinski definition) is 2. The first-order valence-electron chi connectivity index (χ1n) is 6.59. The normalized spacial score (nSPS) is 12.5. The Kier molecular flexibility index (Phi) is 6.27. The van der Waals surface area contributed by atoms with Crippen molar-refractivity contribution < 1.29 is 4.79 Å². The van der Waals surface area contributed by atoms with Crippen LogP contribution in [-0.2, 0) is 0 Å². The lowest BCUT2D eigenvalue weighted by atomic mass is 10.0. The van der Waals surface area contributed by atoms with Crippen molar-refractivity contribution in [1.29, 1.82) is 0 Å². The third kappa shape index (κ3) is 5.58. The summed E-state index contributed by atoms with van der Waals surface area (Å²) in [5.74, 6) is 0.719. The van der Waals surface area contributed by atoms with Gasteiger partial charge in [0.05, 0.1) is 0 Å². The molecule has 2 nitrogen and oxygen atoms in total. The molecule has 18 heavy (non-hydrogen) atoms. The quantitative estimate of drug-likeness (QED) is 0.750. The second-order valence-corrected chi connectivity index (χ2v) is 5.77. The number of benzene rings is 1. The zero-order valence-corrected chi connectivity index (χ0v) is 12.3. The molecule has 1 amide bonds. The van der Waals surface area contributed by atoms with E-state index in [-0.39, 0.29) is 11.9 Å². The topological polar surface area (TPSA) is 29.1 Å². The largest absolute Gasteiger partial charge is 0.350 e. The van der Waals surface area contributed by atoms with Gasteiger partial charge in [0.15, 0.2) is 0 Å². The van der Waals surface area contributed by atoms with Crippen LogP contribution in [0, 0.1) is 5.92 Å².